The second kappa shape index (κ2) is 7.24. The topological polar surface area (TPSA) is 15.3 Å². The van der Waals surface area contributed by atoms with Gasteiger partial charge in [-0.25, -0.2) is 0 Å². The first-order valence-electron chi connectivity index (χ1n) is 8.06. The molecule has 1 aliphatic carbocycles. The Morgan fingerprint density at radius 3 is 2.50 bits per heavy atom. The van der Waals surface area contributed by atoms with Gasteiger partial charge in [-0.3, -0.25) is 0 Å². The van der Waals surface area contributed by atoms with Crippen LogP contribution in [0.25, 0.3) is 0 Å². The molecule has 2 rings (SSSR count). The molecule has 0 bridgehead atoms. The lowest BCUT2D eigenvalue weighted by molar-refractivity contribution is 0.176. The molecule has 1 unspecified atom stereocenters. The monoisotopic (exact) mass is 274 g/mol. The van der Waals surface area contributed by atoms with E-state index in [1.807, 2.05) is 0 Å². The van der Waals surface area contributed by atoms with Crippen LogP contribution in [0, 0.1) is 13.8 Å². The lowest BCUT2D eigenvalue weighted by Gasteiger charge is -2.34. The van der Waals surface area contributed by atoms with Crippen LogP contribution in [0.2, 0.25) is 0 Å². The van der Waals surface area contributed by atoms with Crippen LogP contribution in [0.1, 0.15) is 54.8 Å². The van der Waals surface area contributed by atoms with E-state index in [1.54, 1.807) is 0 Å². The summed E-state index contributed by atoms with van der Waals surface area (Å²) in [5.74, 6) is 0. The van der Waals surface area contributed by atoms with E-state index in [4.69, 9.17) is 0 Å². The maximum atomic E-state index is 3.51. The predicted octanol–water partition coefficient (Wildman–Crippen LogP) is 3.83. The third kappa shape index (κ3) is 3.83. The van der Waals surface area contributed by atoms with Gasteiger partial charge in [0.2, 0.25) is 0 Å². The maximum absolute atomic E-state index is 3.51. The molecule has 112 valence electrons. The van der Waals surface area contributed by atoms with Crippen molar-refractivity contribution in [3.63, 3.8) is 0 Å². The van der Waals surface area contributed by atoms with Crippen molar-refractivity contribution in [1.29, 1.82) is 0 Å². The molecule has 2 heteroatoms. The van der Waals surface area contributed by atoms with Crippen LogP contribution in [-0.2, 0) is 0 Å². The summed E-state index contributed by atoms with van der Waals surface area (Å²) in [5, 5.41) is 3.51. The normalized spacial score (nSPS) is 18.4. The number of aryl methyl sites for hydroxylation is 2. The van der Waals surface area contributed by atoms with Crippen molar-refractivity contribution in [2.75, 3.05) is 20.6 Å². The first kappa shape index (κ1) is 15.5. The number of benzene rings is 1. The Labute approximate surface area is 124 Å². The third-order valence-corrected chi connectivity index (χ3v) is 4.82. The maximum Gasteiger partial charge on any atom is 0.0449 e. The Balaban J connectivity index is 2.04. The van der Waals surface area contributed by atoms with Crippen LogP contribution < -0.4 is 5.32 Å². The molecule has 1 aliphatic rings. The van der Waals surface area contributed by atoms with Gasteiger partial charge in [0, 0.05) is 18.6 Å². The number of hydrogen-bond acceptors (Lipinski definition) is 2. The molecule has 0 aromatic heterocycles. The Morgan fingerprint density at radius 2 is 1.90 bits per heavy atom. The minimum absolute atomic E-state index is 0.433. The van der Waals surface area contributed by atoms with Crippen LogP contribution in [0.5, 0.6) is 0 Å². The number of likely N-dealkylation sites (N-methyl/N-ethyl adjacent to an activating group) is 2. The van der Waals surface area contributed by atoms with E-state index >= 15 is 0 Å². The minimum Gasteiger partial charge on any atom is -0.312 e. The van der Waals surface area contributed by atoms with Crippen LogP contribution >= 0.6 is 0 Å². The second-order valence-corrected chi connectivity index (χ2v) is 6.43. The van der Waals surface area contributed by atoms with E-state index < -0.39 is 0 Å². The zero-order valence-corrected chi connectivity index (χ0v) is 13.6. The molecule has 20 heavy (non-hydrogen) atoms. The minimum atomic E-state index is 0.433. The number of nitrogens with one attached hydrogen (secondary N) is 1. The molecule has 1 aromatic rings. The van der Waals surface area contributed by atoms with Gasteiger partial charge in [-0.1, -0.05) is 43.0 Å². The summed E-state index contributed by atoms with van der Waals surface area (Å²) in [6.07, 6.45) is 6.99. The average Bonchev–Trinajstić information content (AvgIpc) is 2.46. The van der Waals surface area contributed by atoms with E-state index in [0.29, 0.717) is 6.04 Å². The van der Waals surface area contributed by atoms with Crippen molar-refractivity contribution >= 4 is 0 Å². The van der Waals surface area contributed by atoms with Crippen molar-refractivity contribution in [2.45, 2.75) is 58.0 Å². The van der Waals surface area contributed by atoms with Gasteiger partial charge in [0.1, 0.15) is 0 Å². The number of hydrogen-bond donors (Lipinski definition) is 1. The summed E-state index contributed by atoms with van der Waals surface area (Å²) in [6.45, 7) is 5.50. The molecule has 1 atom stereocenters. The lowest BCUT2D eigenvalue weighted by atomic mass is 9.93. The van der Waals surface area contributed by atoms with Gasteiger partial charge >= 0.3 is 0 Å². The molecule has 1 aromatic carbocycles. The molecule has 0 saturated heterocycles. The van der Waals surface area contributed by atoms with Gasteiger partial charge in [-0.2, -0.15) is 0 Å². The van der Waals surface area contributed by atoms with Crippen molar-refractivity contribution in [1.82, 2.24) is 10.2 Å². The standard InChI is InChI=1S/C18H30N2/c1-14-10-11-17(15(2)12-14)18(19-3)13-20(4)16-8-6-5-7-9-16/h10-12,16,18-19H,5-9,13H2,1-4H3. The highest BCUT2D eigenvalue weighted by molar-refractivity contribution is 5.33. The summed E-state index contributed by atoms with van der Waals surface area (Å²) in [5.41, 5.74) is 4.20. The van der Waals surface area contributed by atoms with E-state index in [9.17, 15) is 0 Å². The Hall–Kier alpha value is -0.860. The van der Waals surface area contributed by atoms with Crippen LogP contribution in [0.3, 0.4) is 0 Å². The first-order chi connectivity index (χ1) is 9.61. The van der Waals surface area contributed by atoms with Crippen LogP contribution in [-0.4, -0.2) is 31.6 Å². The quantitative estimate of drug-likeness (QED) is 0.878. The van der Waals surface area contributed by atoms with Crippen LogP contribution in [0.15, 0.2) is 18.2 Å². The highest BCUT2D eigenvalue weighted by atomic mass is 15.1. The summed E-state index contributed by atoms with van der Waals surface area (Å²) in [7, 11) is 4.38. The highest BCUT2D eigenvalue weighted by Gasteiger charge is 2.21. The van der Waals surface area contributed by atoms with Gasteiger partial charge in [0.05, 0.1) is 0 Å². The lowest BCUT2D eigenvalue weighted by Crippen LogP contribution is -2.39. The summed E-state index contributed by atoms with van der Waals surface area (Å²) in [4.78, 5) is 2.57. The summed E-state index contributed by atoms with van der Waals surface area (Å²) in [6, 6.07) is 8.03. The molecule has 2 nitrogen and oxygen atoms in total. The van der Waals surface area contributed by atoms with Gasteiger partial charge < -0.3 is 10.2 Å². The largest absolute Gasteiger partial charge is 0.312 e. The van der Waals surface area contributed by atoms with Crippen molar-refractivity contribution in [3.8, 4) is 0 Å². The smallest absolute Gasteiger partial charge is 0.0449 e. The molecule has 0 heterocycles. The van der Waals surface area contributed by atoms with E-state index in [2.05, 4.69) is 56.4 Å². The third-order valence-electron chi connectivity index (χ3n) is 4.82. The van der Waals surface area contributed by atoms with Gasteiger partial charge in [0.25, 0.3) is 0 Å². The fourth-order valence-corrected chi connectivity index (χ4v) is 3.52. The molecular formula is C18H30N2. The fourth-order valence-electron chi connectivity index (χ4n) is 3.52. The van der Waals surface area contributed by atoms with Crippen molar-refractivity contribution in [3.05, 3.63) is 34.9 Å². The van der Waals surface area contributed by atoms with Crippen molar-refractivity contribution < 1.29 is 0 Å². The second-order valence-electron chi connectivity index (χ2n) is 6.43. The molecule has 0 spiro atoms. The molecule has 1 saturated carbocycles. The zero-order chi connectivity index (χ0) is 14.5. The van der Waals surface area contributed by atoms with Crippen molar-refractivity contribution in [2.24, 2.45) is 0 Å². The Kier molecular flexibility index (Phi) is 5.62. The Bertz CT molecular complexity index is 421. The zero-order valence-electron chi connectivity index (χ0n) is 13.6. The fraction of sp³-hybridized carbons (Fsp3) is 0.667. The molecular weight excluding hydrogens is 244 g/mol. The molecule has 0 radical (unpaired) electrons. The van der Waals surface area contributed by atoms with E-state index in [-0.39, 0.29) is 0 Å². The van der Waals surface area contributed by atoms with Gasteiger partial charge in [-0.15, -0.1) is 0 Å². The van der Waals surface area contributed by atoms with Gasteiger partial charge in [0.15, 0.2) is 0 Å². The predicted molar refractivity (Wildman–Crippen MR) is 87.2 cm³/mol. The highest BCUT2D eigenvalue weighted by Crippen LogP contribution is 2.25. The van der Waals surface area contributed by atoms with Gasteiger partial charge in [-0.05, 0) is 51.9 Å². The number of rotatable bonds is 5. The molecule has 0 aliphatic heterocycles. The molecule has 0 amide bonds. The summed E-state index contributed by atoms with van der Waals surface area (Å²) >= 11 is 0. The SMILES string of the molecule is CNC(CN(C)C1CCCCC1)c1ccc(C)cc1C. The average molecular weight is 274 g/mol. The Morgan fingerprint density at radius 1 is 1.20 bits per heavy atom. The number of nitrogens with zero attached hydrogens (tertiary/aromatic N) is 1. The molecule has 1 fully saturated rings. The molecule has 1 N–H and O–H groups in total. The first-order valence-corrected chi connectivity index (χ1v) is 8.06. The van der Waals surface area contributed by atoms with Crippen LogP contribution in [0.4, 0.5) is 0 Å². The summed E-state index contributed by atoms with van der Waals surface area (Å²) < 4.78 is 0. The van der Waals surface area contributed by atoms with E-state index in [0.717, 1.165) is 12.6 Å². The van der Waals surface area contributed by atoms with E-state index in [1.165, 1.54) is 48.8 Å².